The van der Waals surface area contributed by atoms with Gasteiger partial charge in [-0.3, -0.25) is 9.59 Å². The van der Waals surface area contributed by atoms with E-state index in [1.165, 1.54) is 0 Å². The number of rotatable bonds is 1. The average Bonchev–Trinajstić information content (AvgIpc) is 2.15. The van der Waals surface area contributed by atoms with Gasteiger partial charge in [-0.05, 0) is 0 Å². The van der Waals surface area contributed by atoms with E-state index in [0.717, 1.165) is 7.11 Å². The monoisotopic (exact) mass is 447 g/mol. The zero-order valence-corrected chi connectivity index (χ0v) is 14.0. The van der Waals surface area contributed by atoms with Crippen LogP contribution in [-0.2, 0) is 14.3 Å². The van der Waals surface area contributed by atoms with Crippen molar-refractivity contribution in [2.75, 3.05) is 14.2 Å². The first-order valence-electron chi connectivity index (χ1n) is 4.36. The summed E-state index contributed by atoms with van der Waals surface area (Å²) >= 11 is 0. The van der Waals surface area contributed by atoms with Crippen LogP contribution in [0.4, 0.5) is 0 Å². The molecule has 2 unspecified atom stereocenters. The quantitative estimate of drug-likeness (QED) is 0.345. The Hall–Kier alpha value is 0.262. The van der Waals surface area contributed by atoms with E-state index in [9.17, 15) is 9.59 Å². The molecule has 16 heavy (non-hydrogen) atoms. The van der Waals surface area contributed by atoms with Crippen molar-refractivity contribution in [3.63, 3.8) is 0 Å². The van der Waals surface area contributed by atoms with E-state index in [1.54, 1.807) is 7.11 Å². The molecule has 2 atom stereocenters. The van der Waals surface area contributed by atoms with Crippen LogP contribution in [0, 0.1) is 44.1 Å². The Morgan fingerprint density at radius 3 is 1.62 bits per heavy atom. The van der Waals surface area contributed by atoms with Gasteiger partial charge in [-0.1, -0.05) is 0 Å². The van der Waals surface area contributed by atoms with Crippen LogP contribution in [0.2, 0.25) is 0 Å². The number of hydrogen-bond acceptors (Lipinski definition) is 5. The molecule has 0 aromatic carbocycles. The van der Waals surface area contributed by atoms with Gasteiger partial charge < -0.3 is 25.6 Å². The SMILES string of the molecule is CO.COC1CC(=O)N1.O=C1CC(O)N1.[Ac]. The molecule has 2 rings (SSSR count). The summed E-state index contributed by atoms with van der Waals surface area (Å²) in [7, 11) is 2.57. The zero-order valence-electron chi connectivity index (χ0n) is 9.27. The molecule has 0 bridgehead atoms. The first-order valence-corrected chi connectivity index (χ1v) is 4.36. The van der Waals surface area contributed by atoms with Crippen molar-refractivity contribution < 1.29 is 68.6 Å². The van der Waals surface area contributed by atoms with Crippen LogP contribution in [0.5, 0.6) is 0 Å². The molecule has 0 spiro atoms. The van der Waals surface area contributed by atoms with Crippen molar-refractivity contribution in [1.82, 2.24) is 10.6 Å². The topological polar surface area (TPSA) is 108 Å². The molecule has 0 saturated carbocycles. The van der Waals surface area contributed by atoms with Gasteiger partial charge in [0.05, 0.1) is 12.8 Å². The molecule has 2 amide bonds. The first kappa shape index (κ1) is 18.6. The summed E-state index contributed by atoms with van der Waals surface area (Å²) in [6.45, 7) is 0. The van der Waals surface area contributed by atoms with Gasteiger partial charge in [0.25, 0.3) is 0 Å². The van der Waals surface area contributed by atoms with Crippen molar-refractivity contribution in [2.24, 2.45) is 0 Å². The molecule has 0 aliphatic carbocycles. The summed E-state index contributed by atoms with van der Waals surface area (Å²) in [6.07, 6.45) is 0.237. The van der Waals surface area contributed by atoms with E-state index >= 15 is 0 Å². The van der Waals surface area contributed by atoms with Crippen LogP contribution < -0.4 is 10.6 Å². The number of methoxy groups -OCH3 is 1. The smallest absolute Gasteiger partial charge is 0.226 e. The number of hydrogen-bond donors (Lipinski definition) is 4. The maximum Gasteiger partial charge on any atom is 0.226 e. The molecule has 2 fully saturated rings. The summed E-state index contributed by atoms with van der Waals surface area (Å²) in [6, 6.07) is 0. The zero-order chi connectivity index (χ0) is 11.8. The second-order valence-electron chi connectivity index (χ2n) is 2.78. The van der Waals surface area contributed by atoms with Crippen LogP contribution in [0.25, 0.3) is 0 Å². The number of ether oxygens (including phenoxy) is 1. The maximum absolute atomic E-state index is 10.1. The van der Waals surface area contributed by atoms with Crippen LogP contribution in [0.3, 0.4) is 0 Å². The van der Waals surface area contributed by atoms with Crippen molar-refractivity contribution in [3.05, 3.63) is 0 Å². The molecule has 4 N–H and O–H groups in total. The predicted octanol–water partition coefficient (Wildman–Crippen LogP) is -2.09. The van der Waals surface area contributed by atoms with Crippen LogP contribution in [0.15, 0.2) is 0 Å². The fourth-order valence-electron chi connectivity index (χ4n) is 0.809. The largest absolute Gasteiger partial charge is 0.400 e. The molecule has 2 aliphatic heterocycles. The normalized spacial score (nSPS) is 24.8. The van der Waals surface area contributed by atoms with Gasteiger partial charge >= 0.3 is 0 Å². The Kier molecular flexibility index (Phi) is 12.1. The molecular formula is C8H16AcN2O5. The number of carbonyl (C=O) groups excluding carboxylic acids is 2. The molecular weight excluding hydrogens is 431 g/mol. The molecule has 2 aliphatic rings. The number of nitrogens with one attached hydrogen (secondary N) is 2. The van der Waals surface area contributed by atoms with Gasteiger partial charge in [-0.15, -0.1) is 0 Å². The van der Waals surface area contributed by atoms with Crippen LogP contribution >= 0.6 is 0 Å². The number of aliphatic hydroxyl groups is 2. The van der Waals surface area contributed by atoms with Crippen molar-refractivity contribution in [1.29, 1.82) is 0 Å². The molecule has 2 saturated heterocycles. The van der Waals surface area contributed by atoms with Crippen molar-refractivity contribution in [3.8, 4) is 0 Å². The van der Waals surface area contributed by atoms with Gasteiger partial charge in [-0.25, -0.2) is 0 Å². The van der Waals surface area contributed by atoms with Crippen LogP contribution in [0.1, 0.15) is 12.8 Å². The second-order valence-corrected chi connectivity index (χ2v) is 2.78. The second kappa shape index (κ2) is 10.4. The standard InChI is InChI=1S/C4H7NO2.C3H5NO2.CH4O.Ac/c1-7-4-2-3(6)5-4;5-2-1-3(6)4-2;1-2;/h4H,2H2,1H3,(H,5,6);2,5H,1H2,(H,4,6);2H,1H3;. The van der Waals surface area contributed by atoms with E-state index in [4.69, 9.17) is 14.9 Å². The third kappa shape index (κ3) is 7.52. The molecule has 2 heterocycles. The molecule has 1 radical (unpaired) electrons. The molecule has 0 aromatic rings. The predicted molar refractivity (Wildman–Crippen MR) is 50.5 cm³/mol. The van der Waals surface area contributed by atoms with Crippen molar-refractivity contribution >= 4 is 11.8 Å². The molecule has 7 nitrogen and oxygen atoms in total. The van der Waals surface area contributed by atoms with Gasteiger partial charge in [0.2, 0.25) is 11.8 Å². The third-order valence-electron chi connectivity index (χ3n) is 1.68. The Labute approximate surface area is 129 Å². The van der Waals surface area contributed by atoms with Gasteiger partial charge in [0, 0.05) is 58.3 Å². The first-order chi connectivity index (χ1) is 7.11. The minimum absolute atomic E-state index is 0. The Bertz CT molecular complexity index is 210. The minimum Gasteiger partial charge on any atom is -0.400 e. The Morgan fingerprint density at radius 1 is 1.19 bits per heavy atom. The summed E-state index contributed by atoms with van der Waals surface area (Å²) in [5.41, 5.74) is 0. The van der Waals surface area contributed by atoms with Gasteiger partial charge in [0.15, 0.2) is 0 Å². The molecule has 0 aromatic heterocycles. The summed E-state index contributed by atoms with van der Waals surface area (Å²) in [5, 5.41) is 20.0. The Balaban J connectivity index is 0. The fourth-order valence-corrected chi connectivity index (χ4v) is 0.809. The number of aliphatic hydroxyl groups excluding tert-OH is 2. The van der Waals surface area contributed by atoms with Gasteiger partial charge in [-0.2, -0.15) is 0 Å². The van der Waals surface area contributed by atoms with E-state index < -0.39 is 6.23 Å². The molecule has 8 heteroatoms. The Morgan fingerprint density at radius 2 is 1.56 bits per heavy atom. The summed E-state index contributed by atoms with van der Waals surface area (Å²) < 4.78 is 4.72. The van der Waals surface area contributed by atoms with Crippen LogP contribution in [-0.4, -0.2) is 48.7 Å². The maximum atomic E-state index is 10.1. The van der Waals surface area contributed by atoms with Crippen molar-refractivity contribution in [2.45, 2.75) is 25.3 Å². The molecule has 91 valence electrons. The average molecular weight is 447 g/mol. The number of carbonyl (C=O) groups is 2. The van der Waals surface area contributed by atoms with Gasteiger partial charge in [0.1, 0.15) is 12.5 Å². The third-order valence-corrected chi connectivity index (χ3v) is 1.68. The number of β-lactam (4-membered cyclic amide) rings is 2. The van der Waals surface area contributed by atoms with E-state index in [2.05, 4.69) is 10.6 Å². The van der Waals surface area contributed by atoms with E-state index in [-0.39, 0.29) is 68.5 Å². The fraction of sp³-hybridized carbons (Fsp3) is 0.750. The summed E-state index contributed by atoms with van der Waals surface area (Å²) in [5.74, 6) is 0.00866. The van der Waals surface area contributed by atoms with E-state index in [1.807, 2.05) is 0 Å². The summed E-state index contributed by atoms with van der Waals surface area (Å²) in [4.78, 5) is 19.9. The minimum atomic E-state index is -0.558. The van der Waals surface area contributed by atoms with E-state index in [0.29, 0.717) is 6.42 Å². The number of amides is 2.